The zero-order chi connectivity index (χ0) is 16.9. The van der Waals surface area contributed by atoms with Gasteiger partial charge in [0.05, 0.1) is 13.2 Å². The predicted octanol–water partition coefficient (Wildman–Crippen LogP) is 1.03. The third-order valence-electron chi connectivity index (χ3n) is 4.80. The quantitative estimate of drug-likeness (QED) is 0.824. The summed E-state index contributed by atoms with van der Waals surface area (Å²) in [4.78, 5) is 20.2. The zero-order valence-corrected chi connectivity index (χ0v) is 14.4. The lowest BCUT2D eigenvalue weighted by molar-refractivity contribution is 0.122. The van der Waals surface area contributed by atoms with Gasteiger partial charge < -0.3 is 14.5 Å². The normalized spacial score (nSPS) is 19.2. The van der Waals surface area contributed by atoms with Crippen LogP contribution in [-0.2, 0) is 11.3 Å². The number of hydrogen-bond donors (Lipinski definition) is 0. The molecule has 0 N–H and O–H groups in total. The van der Waals surface area contributed by atoms with Crippen molar-refractivity contribution in [1.82, 2.24) is 19.9 Å². The lowest BCUT2D eigenvalue weighted by atomic mass is 10.2. The third-order valence-corrected chi connectivity index (χ3v) is 4.80. The standard InChI is InChI=1S/C18H24N6O/c1-2-16(13-19-3-1)14-22-4-6-23(7-5-22)17-12-18(21-15-20-17)24-8-10-25-11-9-24/h1-3,12-13,15H,4-11,14H2. The molecule has 2 aliphatic heterocycles. The van der Waals surface area contributed by atoms with E-state index >= 15 is 0 Å². The van der Waals surface area contributed by atoms with Crippen molar-refractivity contribution in [3.8, 4) is 0 Å². The molecule has 7 nitrogen and oxygen atoms in total. The summed E-state index contributed by atoms with van der Waals surface area (Å²) >= 11 is 0. The van der Waals surface area contributed by atoms with Crippen LogP contribution in [0.15, 0.2) is 36.9 Å². The lowest BCUT2D eigenvalue weighted by Gasteiger charge is -2.36. The molecule has 0 aromatic carbocycles. The number of nitrogens with zero attached hydrogens (tertiary/aromatic N) is 6. The lowest BCUT2D eigenvalue weighted by Crippen LogP contribution is -2.46. The molecule has 0 spiro atoms. The van der Waals surface area contributed by atoms with Gasteiger partial charge in [0, 0.05) is 64.3 Å². The summed E-state index contributed by atoms with van der Waals surface area (Å²) in [5.74, 6) is 2.03. The minimum atomic E-state index is 0.770. The topological polar surface area (TPSA) is 57.6 Å². The molecule has 4 heterocycles. The Morgan fingerprint density at radius 2 is 1.64 bits per heavy atom. The third kappa shape index (κ3) is 4.05. The highest BCUT2D eigenvalue weighted by atomic mass is 16.5. The van der Waals surface area contributed by atoms with Gasteiger partial charge in [-0.05, 0) is 11.6 Å². The largest absolute Gasteiger partial charge is 0.378 e. The summed E-state index contributed by atoms with van der Waals surface area (Å²) in [7, 11) is 0. The summed E-state index contributed by atoms with van der Waals surface area (Å²) < 4.78 is 5.42. The van der Waals surface area contributed by atoms with Crippen LogP contribution < -0.4 is 9.80 Å². The highest BCUT2D eigenvalue weighted by molar-refractivity contribution is 5.50. The smallest absolute Gasteiger partial charge is 0.134 e. The zero-order valence-electron chi connectivity index (χ0n) is 14.4. The average molecular weight is 340 g/mol. The molecule has 2 aromatic heterocycles. The molecule has 4 rings (SSSR count). The molecule has 0 atom stereocenters. The maximum Gasteiger partial charge on any atom is 0.134 e. The Balaban J connectivity index is 1.36. The van der Waals surface area contributed by atoms with Gasteiger partial charge in [0.1, 0.15) is 18.0 Å². The first-order valence-electron chi connectivity index (χ1n) is 8.89. The number of anilines is 2. The van der Waals surface area contributed by atoms with E-state index in [4.69, 9.17) is 4.74 Å². The molecule has 0 radical (unpaired) electrons. The first-order chi connectivity index (χ1) is 12.4. The van der Waals surface area contributed by atoms with E-state index in [1.807, 2.05) is 18.5 Å². The van der Waals surface area contributed by atoms with Crippen molar-refractivity contribution in [2.45, 2.75) is 6.54 Å². The van der Waals surface area contributed by atoms with Gasteiger partial charge in [0.25, 0.3) is 0 Å². The first-order valence-corrected chi connectivity index (χ1v) is 8.89. The predicted molar refractivity (Wildman–Crippen MR) is 96.8 cm³/mol. The summed E-state index contributed by atoms with van der Waals surface area (Å²) in [6.07, 6.45) is 5.45. The Kier molecular flexibility index (Phi) is 5.03. The van der Waals surface area contributed by atoms with Gasteiger partial charge in [0.15, 0.2) is 0 Å². The highest BCUT2D eigenvalue weighted by Crippen LogP contribution is 2.20. The Bertz CT molecular complexity index is 668. The number of hydrogen-bond acceptors (Lipinski definition) is 7. The van der Waals surface area contributed by atoms with Crippen LogP contribution >= 0.6 is 0 Å². The number of piperazine rings is 1. The van der Waals surface area contributed by atoms with Crippen molar-refractivity contribution in [3.05, 3.63) is 42.5 Å². The van der Waals surface area contributed by atoms with Gasteiger partial charge in [-0.2, -0.15) is 0 Å². The fraction of sp³-hybridized carbons (Fsp3) is 0.500. The van der Waals surface area contributed by atoms with Crippen molar-refractivity contribution in [2.24, 2.45) is 0 Å². The Labute approximate surface area is 148 Å². The Hall–Kier alpha value is -2.25. The van der Waals surface area contributed by atoms with Crippen LogP contribution in [0.4, 0.5) is 11.6 Å². The van der Waals surface area contributed by atoms with Gasteiger partial charge in [-0.25, -0.2) is 9.97 Å². The second kappa shape index (κ2) is 7.76. The monoisotopic (exact) mass is 340 g/mol. The molecule has 7 heteroatoms. The maximum atomic E-state index is 5.42. The van der Waals surface area contributed by atoms with E-state index in [9.17, 15) is 0 Å². The fourth-order valence-electron chi connectivity index (χ4n) is 3.36. The number of pyridine rings is 1. The van der Waals surface area contributed by atoms with Crippen molar-refractivity contribution in [2.75, 3.05) is 62.3 Å². The van der Waals surface area contributed by atoms with Crippen LogP contribution in [0.1, 0.15) is 5.56 Å². The van der Waals surface area contributed by atoms with Gasteiger partial charge in [-0.15, -0.1) is 0 Å². The van der Waals surface area contributed by atoms with Crippen molar-refractivity contribution < 1.29 is 4.74 Å². The van der Waals surface area contributed by atoms with Crippen molar-refractivity contribution in [1.29, 1.82) is 0 Å². The fourth-order valence-corrected chi connectivity index (χ4v) is 3.36. The molecule has 2 fully saturated rings. The summed E-state index contributed by atoms with van der Waals surface area (Å²) in [5.41, 5.74) is 1.27. The van der Waals surface area contributed by atoms with Gasteiger partial charge >= 0.3 is 0 Å². The highest BCUT2D eigenvalue weighted by Gasteiger charge is 2.20. The van der Waals surface area contributed by atoms with Crippen molar-refractivity contribution >= 4 is 11.6 Å². The van der Waals surface area contributed by atoms with Crippen LogP contribution in [0.2, 0.25) is 0 Å². The molecule has 2 aliphatic rings. The maximum absolute atomic E-state index is 5.42. The SMILES string of the molecule is c1cncc(CN2CCN(c3cc(N4CCOCC4)ncn3)CC2)c1. The van der Waals surface area contributed by atoms with Gasteiger partial charge in [-0.3, -0.25) is 9.88 Å². The van der Waals surface area contributed by atoms with Crippen molar-refractivity contribution in [3.63, 3.8) is 0 Å². The molecule has 0 amide bonds. The number of aromatic nitrogens is 3. The molecule has 25 heavy (non-hydrogen) atoms. The van der Waals surface area contributed by atoms with Crippen LogP contribution in [-0.4, -0.2) is 72.3 Å². The summed E-state index contributed by atoms with van der Waals surface area (Å²) in [6.45, 7) is 8.34. The second-order valence-electron chi connectivity index (χ2n) is 6.46. The summed E-state index contributed by atoms with van der Waals surface area (Å²) in [6, 6.07) is 6.25. The molecule has 0 aliphatic carbocycles. The second-order valence-corrected chi connectivity index (χ2v) is 6.46. The van der Waals surface area contributed by atoms with E-state index in [0.29, 0.717) is 0 Å². The van der Waals surface area contributed by atoms with E-state index in [0.717, 1.165) is 70.7 Å². The molecular formula is C18H24N6O. The minimum absolute atomic E-state index is 0.770. The number of morpholine rings is 1. The van der Waals surface area contributed by atoms with Crippen LogP contribution in [0.25, 0.3) is 0 Å². The molecule has 0 saturated carbocycles. The Morgan fingerprint density at radius 1 is 0.920 bits per heavy atom. The minimum Gasteiger partial charge on any atom is -0.378 e. The van der Waals surface area contributed by atoms with Crippen LogP contribution in [0, 0.1) is 0 Å². The van der Waals surface area contributed by atoms with E-state index in [-0.39, 0.29) is 0 Å². The first kappa shape index (κ1) is 16.2. The molecule has 0 bridgehead atoms. The van der Waals surface area contributed by atoms with Crippen LogP contribution in [0.5, 0.6) is 0 Å². The molecule has 0 unspecified atom stereocenters. The Morgan fingerprint density at radius 3 is 2.32 bits per heavy atom. The number of rotatable bonds is 4. The van der Waals surface area contributed by atoms with E-state index in [1.165, 1.54) is 5.56 Å². The van der Waals surface area contributed by atoms with Gasteiger partial charge in [0.2, 0.25) is 0 Å². The summed E-state index contributed by atoms with van der Waals surface area (Å²) in [5, 5.41) is 0. The van der Waals surface area contributed by atoms with E-state index in [1.54, 1.807) is 6.33 Å². The number of ether oxygens (including phenoxy) is 1. The molecule has 2 saturated heterocycles. The van der Waals surface area contributed by atoms with E-state index in [2.05, 4.69) is 41.8 Å². The van der Waals surface area contributed by atoms with Crippen LogP contribution in [0.3, 0.4) is 0 Å². The molecule has 132 valence electrons. The van der Waals surface area contributed by atoms with Gasteiger partial charge in [-0.1, -0.05) is 6.07 Å². The molecular weight excluding hydrogens is 316 g/mol. The molecule has 2 aromatic rings. The average Bonchev–Trinajstić information content (AvgIpc) is 2.70. The van der Waals surface area contributed by atoms with E-state index < -0.39 is 0 Å².